The van der Waals surface area contributed by atoms with Crippen molar-refractivity contribution in [3.8, 4) is 17.6 Å². The van der Waals surface area contributed by atoms with Gasteiger partial charge in [0.1, 0.15) is 47.7 Å². The van der Waals surface area contributed by atoms with E-state index in [-0.39, 0.29) is 57.7 Å². The first kappa shape index (κ1) is 31.1. The molecule has 2 aromatic carbocycles. The number of hydrogen-bond acceptors (Lipinski definition) is 4. The van der Waals surface area contributed by atoms with E-state index in [1.54, 1.807) is 20.1 Å². The SMILES string of the molecule is COc1cc(C(O)=C2CC2)ccc1[N+]12C[C@H]1C(C1CC=CC(Cl)=C1F)C(C#N)C2CC(C)(C)C.Cc1ccc(O)cc1F. The molecule has 4 aliphatic rings. The number of nitriles is 1. The summed E-state index contributed by atoms with van der Waals surface area (Å²) in [6, 6.07) is 12.8. The lowest BCUT2D eigenvalue weighted by Crippen LogP contribution is -2.43. The molecule has 0 radical (unpaired) electrons. The third-order valence-corrected chi connectivity index (χ3v) is 9.65. The van der Waals surface area contributed by atoms with Crippen molar-refractivity contribution < 1.29 is 23.7 Å². The molecule has 6 atom stereocenters. The third-order valence-electron chi connectivity index (χ3n) is 9.35. The Kier molecular flexibility index (Phi) is 8.41. The lowest BCUT2D eigenvalue weighted by molar-refractivity contribution is 0.217. The molecule has 8 heteroatoms. The van der Waals surface area contributed by atoms with E-state index in [1.165, 1.54) is 12.1 Å². The summed E-state index contributed by atoms with van der Waals surface area (Å²) in [6.45, 7) is 9.10. The minimum atomic E-state index is -0.369. The fourth-order valence-electron chi connectivity index (χ4n) is 7.18. The van der Waals surface area contributed by atoms with Crippen molar-refractivity contribution in [1.29, 1.82) is 5.26 Å². The van der Waals surface area contributed by atoms with E-state index >= 15 is 4.39 Å². The topological polar surface area (TPSA) is 73.5 Å². The van der Waals surface area contributed by atoms with Gasteiger partial charge in [-0.1, -0.05) is 44.5 Å². The van der Waals surface area contributed by atoms with Crippen LogP contribution in [0.3, 0.4) is 0 Å². The smallest absolute Gasteiger partial charge is 0.180 e. The molecule has 0 amide bonds. The molecule has 2 aliphatic carbocycles. The summed E-state index contributed by atoms with van der Waals surface area (Å²) in [6.07, 6.45) is 6.86. The van der Waals surface area contributed by atoms with Crippen molar-refractivity contribution >= 4 is 23.0 Å². The maximum absolute atomic E-state index is 15.3. The van der Waals surface area contributed by atoms with Gasteiger partial charge in [-0.2, -0.15) is 5.26 Å². The molecule has 5 unspecified atom stereocenters. The van der Waals surface area contributed by atoms with Crippen LogP contribution in [-0.4, -0.2) is 36.0 Å². The van der Waals surface area contributed by atoms with E-state index in [9.17, 15) is 14.8 Å². The number of aromatic hydroxyl groups is 1. The molecule has 2 heterocycles. The van der Waals surface area contributed by atoms with Gasteiger partial charge >= 0.3 is 0 Å². The summed E-state index contributed by atoms with van der Waals surface area (Å²) in [5.41, 5.74) is 3.43. The second-order valence-corrected chi connectivity index (χ2v) is 13.9. The molecule has 2 saturated heterocycles. The highest BCUT2D eigenvalue weighted by atomic mass is 35.5. The number of aliphatic hydroxyl groups excluding tert-OH is 1. The predicted octanol–water partition coefficient (Wildman–Crippen LogP) is 8.86. The molecule has 2 N–H and O–H groups in total. The van der Waals surface area contributed by atoms with Crippen molar-refractivity contribution in [2.24, 2.45) is 23.2 Å². The molecule has 43 heavy (non-hydrogen) atoms. The van der Waals surface area contributed by atoms with Crippen molar-refractivity contribution in [3.63, 3.8) is 0 Å². The summed E-state index contributed by atoms with van der Waals surface area (Å²) in [5, 5.41) is 29.8. The number of ether oxygens (including phenoxy) is 1. The number of benzene rings is 2. The number of phenolic OH excluding ortho intramolecular Hbond substituents is 1. The van der Waals surface area contributed by atoms with E-state index in [1.807, 2.05) is 18.2 Å². The Morgan fingerprint density at radius 3 is 2.47 bits per heavy atom. The largest absolute Gasteiger partial charge is 0.508 e. The van der Waals surface area contributed by atoms with Gasteiger partial charge in [-0.15, -0.1) is 0 Å². The van der Waals surface area contributed by atoms with Crippen molar-refractivity contribution in [3.05, 3.63) is 81.9 Å². The van der Waals surface area contributed by atoms with Crippen LogP contribution in [0.4, 0.5) is 14.5 Å². The number of phenols is 1. The van der Waals surface area contributed by atoms with Crippen molar-refractivity contribution in [2.45, 2.75) is 65.5 Å². The second-order valence-electron chi connectivity index (χ2n) is 13.5. The number of aryl methyl sites for hydroxylation is 1. The number of piperidine rings is 1. The summed E-state index contributed by atoms with van der Waals surface area (Å²) in [4.78, 5) is 0. The Bertz CT molecular complexity index is 1550. The predicted molar refractivity (Wildman–Crippen MR) is 167 cm³/mol. The Morgan fingerprint density at radius 2 is 1.88 bits per heavy atom. The minimum Gasteiger partial charge on any atom is -0.508 e. The number of allylic oxidation sites excluding steroid dienone is 5. The minimum absolute atomic E-state index is 0.00732. The molecule has 228 valence electrons. The first-order valence-electron chi connectivity index (χ1n) is 14.9. The molecule has 2 aromatic rings. The van der Waals surface area contributed by atoms with Gasteiger partial charge < -0.3 is 14.9 Å². The van der Waals surface area contributed by atoms with E-state index in [0.717, 1.165) is 54.4 Å². The van der Waals surface area contributed by atoms with E-state index in [0.29, 0.717) is 22.2 Å². The number of hydrogen-bond donors (Lipinski definition) is 2. The lowest BCUT2D eigenvalue weighted by Gasteiger charge is -2.33. The van der Waals surface area contributed by atoms with E-state index < -0.39 is 0 Å². The van der Waals surface area contributed by atoms with Crippen LogP contribution in [0.2, 0.25) is 0 Å². The number of halogens is 3. The molecule has 6 rings (SSSR count). The Morgan fingerprint density at radius 1 is 1.16 bits per heavy atom. The van der Waals surface area contributed by atoms with Gasteiger partial charge in [0.25, 0.3) is 0 Å². The van der Waals surface area contributed by atoms with Crippen LogP contribution < -0.4 is 9.22 Å². The molecule has 0 aromatic heterocycles. The molecule has 0 spiro atoms. The van der Waals surface area contributed by atoms with Crippen molar-refractivity contribution in [1.82, 2.24) is 4.48 Å². The zero-order valence-corrected chi connectivity index (χ0v) is 26.1. The van der Waals surface area contributed by atoms with Crippen LogP contribution in [0.15, 0.2) is 65.0 Å². The Labute approximate surface area is 257 Å². The summed E-state index contributed by atoms with van der Waals surface area (Å²) in [5.74, 6) is -0.359. The first-order valence-corrected chi connectivity index (χ1v) is 15.2. The van der Waals surface area contributed by atoms with Gasteiger partial charge in [-0.05, 0) is 67.0 Å². The average Bonchev–Trinajstić information content (AvgIpc) is 3.89. The average molecular weight is 610 g/mol. The van der Waals surface area contributed by atoms with E-state index in [2.05, 4.69) is 32.9 Å². The summed E-state index contributed by atoms with van der Waals surface area (Å²) >= 11 is 6.19. The van der Waals surface area contributed by atoms with Crippen LogP contribution in [0, 0.1) is 47.2 Å². The molecule has 5 nitrogen and oxygen atoms in total. The van der Waals surface area contributed by atoms with Gasteiger partial charge in [-0.3, -0.25) is 4.48 Å². The van der Waals surface area contributed by atoms with Gasteiger partial charge in [0.05, 0.1) is 18.2 Å². The lowest BCUT2D eigenvalue weighted by atomic mass is 9.72. The highest BCUT2D eigenvalue weighted by Crippen LogP contribution is 2.63. The fraction of sp³-hybridized carbons (Fsp3) is 0.457. The molecular formula is C35H40ClF2N2O3+. The van der Waals surface area contributed by atoms with Gasteiger partial charge in [0.2, 0.25) is 0 Å². The second kappa shape index (κ2) is 11.6. The Hall–Kier alpha value is -3.34. The first-order chi connectivity index (χ1) is 20.3. The Balaban J connectivity index is 0.000000351. The number of quaternary nitrogens is 1. The van der Waals surface area contributed by atoms with Crippen LogP contribution in [0.1, 0.15) is 57.6 Å². The molecule has 2 aliphatic heterocycles. The van der Waals surface area contributed by atoms with Gasteiger partial charge in [0.15, 0.2) is 11.4 Å². The van der Waals surface area contributed by atoms with Crippen LogP contribution in [-0.2, 0) is 0 Å². The number of fused-ring (bicyclic) bond motifs is 1. The molecular weight excluding hydrogens is 570 g/mol. The molecule has 0 bridgehead atoms. The summed E-state index contributed by atoms with van der Waals surface area (Å²) < 4.78 is 34.2. The summed E-state index contributed by atoms with van der Waals surface area (Å²) in [7, 11) is 1.66. The number of methoxy groups -OCH3 is 1. The number of aliphatic hydroxyl groups is 1. The third kappa shape index (κ3) is 5.92. The number of rotatable bonds is 5. The van der Waals surface area contributed by atoms with Crippen LogP contribution >= 0.6 is 11.6 Å². The van der Waals surface area contributed by atoms with E-state index in [4.69, 9.17) is 21.4 Å². The normalized spacial score (nSPS) is 28.9. The monoisotopic (exact) mass is 609 g/mol. The fourth-order valence-corrected chi connectivity index (χ4v) is 7.41. The highest BCUT2D eigenvalue weighted by Gasteiger charge is 2.76. The van der Waals surface area contributed by atoms with Crippen LogP contribution in [0.5, 0.6) is 11.5 Å². The standard InChI is InChI=1S/C28H32ClFN2O2.C7H7FO/c1-28(2,3)13-22-19(14-31)25(18-6-5-7-20(29)26(18)30)23-15-32(22,23)21-11-10-17(12-24(21)34-4)27(33)16-8-9-16;1-5-2-3-6(9)4-7(5)8/h5,7,10-12,18-19,22-23,25H,6,8-9,13,15H2,1-4H3;2-4,9H,1H3/p+1/t18?,19?,22?,23-,25?,32?;/m0./s1. The maximum atomic E-state index is 15.3. The highest BCUT2D eigenvalue weighted by molar-refractivity contribution is 6.31. The van der Waals surface area contributed by atoms with Crippen LogP contribution in [0.25, 0.3) is 5.76 Å². The molecule has 1 saturated carbocycles. The zero-order chi connectivity index (χ0) is 31.3. The van der Waals surface area contributed by atoms with Gasteiger partial charge in [-0.25, -0.2) is 8.78 Å². The zero-order valence-electron chi connectivity index (χ0n) is 25.4. The molecule has 3 fully saturated rings. The maximum Gasteiger partial charge on any atom is 0.180 e. The number of nitrogens with zero attached hydrogens (tertiary/aromatic N) is 2. The van der Waals surface area contributed by atoms with Gasteiger partial charge in [0, 0.05) is 36.0 Å². The quantitative estimate of drug-likeness (QED) is 0.202. The van der Waals surface area contributed by atoms with Crippen molar-refractivity contribution in [2.75, 3.05) is 13.7 Å².